The van der Waals surface area contributed by atoms with E-state index in [2.05, 4.69) is 31.9 Å². The zero-order valence-corrected chi connectivity index (χ0v) is 17.0. The van der Waals surface area contributed by atoms with Crippen LogP contribution in [-0.2, 0) is 17.8 Å². The van der Waals surface area contributed by atoms with Crippen LogP contribution < -0.4 is 0 Å². The Balaban J connectivity index is 1.85. The van der Waals surface area contributed by atoms with Gasteiger partial charge in [0, 0.05) is 16.6 Å². The molecule has 128 valence electrons. The molecule has 2 aromatic rings. The first-order valence-corrected chi connectivity index (χ1v) is 9.32. The van der Waals surface area contributed by atoms with Crippen LogP contribution in [0.15, 0.2) is 33.2 Å². The summed E-state index contributed by atoms with van der Waals surface area (Å²) in [6, 6.07) is 8.03. The van der Waals surface area contributed by atoms with E-state index in [0.29, 0.717) is 19.6 Å². The predicted octanol–water partition coefficient (Wildman–Crippen LogP) is 4.83. The van der Waals surface area contributed by atoms with Gasteiger partial charge in [-0.25, -0.2) is 4.79 Å². The molecule has 0 saturated carbocycles. The first-order chi connectivity index (χ1) is 11.2. The number of benzene rings is 1. The fourth-order valence-electron chi connectivity index (χ4n) is 2.56. The molecule has 1 aliphatic rings. The molecular weight excluding hydrogens is 438 g/mol. The van der Waals surface area contributed by atoms with E-state index < -0.39 is 5.60 Å². The van der Waals surface area contributed by atoms with Crippen LogP contribution in [0.1, 0.15) is 26.5 Å². The topological polar surface area (TPSA) is 47.4 Å². The number of ether oxygens (including phenoxy) is 1. The molecular formula is C17H19Br2N3O2. The van der Waals surface area contributed by atoms with Crippen molar-refractivity contribution in [2.24, 2.45) is 0 Å². The number of halogens is 2. The quantitative estimate of drug-likeness (QED) is 0.617. The van der Waals surface area contributed by atoms with E-state index in [9.17, 15) is 4.79 Å². The third-order valence-electron chi connectivity index (χ3n) is 3.69. The number of hydrogen-bond acceptors (Lipinski definition) is 3. The fourth-order valence-corrected chi connectivity index (χ4v) is 3.46. The van der Waals surface area contributed by atoms with Crippen molar-refractivity contribution < 1.29 is 9.53 Å². The minimum Gasteiger partial charge on any atom is -0.444 e. The number of carbonyl (C=O) groups is 1. The Labute approximate surface area is 158 Å². The number of carbonyl (C=O) groups excluding carboxylic acids is 1. The average molecular weight is 457 g/mol. The second-order valence-electron chi connectivity index (χ2n) is 6.74. The maximum Gasteiger partial charge on any atom is 0.410 e. The maximum atomic E-state index is 12.3. The van der Waals surface area contributed by atoms with Gasteiger partial charge in [0.05, 0.1) is 23.3 Å². The highest BCUT2D eigenvalue weighted by Gasteiger charge is 2.29. The van der Waals surface area contributed by atoms with Crippen molar-refractivity contribution in [1.29, 1.82) is 0 Å². The minimum absolute atomic E-state index is 0.285. The average Bonchev–Trinajstić information content (AvgIpc) is 2.83. The van der Waals surface area contributed by atoms with Crippen molar-refractivity contribution in [1.82, 2.24) is 14.7 Å². The Bertz CT molecular complexity index is 763. The van der Waals surface area contributed by atoms with Gasteiger partial charge in [-0.05, 0) is 48.8 Å². The number of fused-ring (bicyclic) bond motifs is 1. The van der Waals surface area contributed by atoms with Crippen molar-refractivity contribution >= 4 is 38.0 Å². The highest BCUT2D eigenvalue weighted by atomic mass is 79.9. The third kappa shape index (κ3) is 3.67. The molecule has 7 heteroatoms. The zero-order valence-electron chi connectivity index (χ0n) is 13.8. The fraction of sp³-hybridized carbons (Fsp3) is 0.412. The number of amides is 1. The zero-order chi connectivity index (χ0) is 17.5. The Morgan fingerprint density at radius 1 is 1.17 bits per heavy atom. The van der Waals surface area contributed by atoms with Crippen molar-refractivity contribution in [3.63, 3.8) is 0 Å². The Morgan fingerprint density at radius 3 is 2.46 bits per heavy atom. The smallest absolute Gasteiger partial charge is 0.410 e. The van der Waals surface area contributed by atoms with E-state index in [0.717, 1.165) is 25.9 Å². The molecule has 3 rings (SSSR count). The van der Waals surface area contributed by atoms with Gasteiger partial charge in [0.2, 0.25) is 0 Å². The van der Waals surface area contributed by atoms with Crippen LogP contribution in [0.3, 0.4) is 0 Å². The Kier molecular flexibility index (Phi) is 4.75. The third-order valence-corrected chi connectivity index (χ3v) is 5.05. The van der Waals surface area contributed by atoms with Crippen molar-refractivity contribution in [3.8, 4) is 11.3 Å². The summed E-state index contributed by atoms with van der Waals surface area (Å²) in [7, 11) is 0. The summed E-state index contributed by atoms with van der Waals surface area (Å²) in [5.74, 6) is 0. The molecule has 0 atom stereocenters. The molecule has 1 aliphatic heterocycles. The number of hydrogen-bond donors (Lipinski definition) is 0. The molecule has 0 N–H and O–H groups in total. The molecule has 1 amide bonds. The van der Waals surface area contributed by atoms with Gasteiger partial charge < -0.3 is 9.64 Å². The lowest BCUT2D eigenvalue weighted by Crippen LogP contribution is -2.41. The van der Waals surface area contributed by atoms with E-state index in [1.165, 1.54) is 0 Å². The van der Waals surface area contributed by atoms with Crippen LogP contribution in [0.2, 0.25) is 0 Å². The second-order valence-corrected chi connectivity index (χ2v) is 8.45. The van der Waals surface area contributed by atoms with Crippen LogP contribution in [0.4, 0.5) is 4.79 Å². The van der Waals surface area contributed by atoms with Gasteiger partial charge in [-0.1, -0.05) is 28.1 Å². The SMILES string of the molecule is CC(C)(C)OC(=O)N1CCn2nc(-c3ccc(Br)cc3)c(Br)c2C1. The summed E-state index contributed by atoms with van der Waals surface area (Å²) >= 11 is 7.10. The first-order valence-electron chi connectivity index (χ1n) is 7.73. The van der Waals surface area contributed by atoms with Gasteiger partial charge in [0.25, 0.3) is 0 Å². The van der Waals surface area contributed by atoms with Crippen LogP contribution in [0, 0.1) is 0 Å². The molecule has 0 aliphatic carbocycles. The van der Waals surface area contributed by atoms with Gasteiger partial charge in [0.15, 0.2) is 0 Å². The van der Waals surface area contributed by atoms with Gasteiger partial charge in [-0.15, -0.1) is 0 Å². The Morgan fingerprint density at radius 2 is 1.83 bits per heavy atom. The van der Waals surface area contributed by atoms with Gasteiger partial charge >= 0.3 is 6.09 Å². The minimum atomic E-state index is -0.491. The van der Waals surface area contributed by atoms with Gasteiger partial charge in [-0.2, -0.15) is 5.10 Å². The molecule has 0 unspecified atom stereocenters. The van der Waals surface area contributed by atoms with Gasteiger partial charge in [0.1, 0.15) is 11.3 Å². The summed E-state index contributed by atoms with van der Waals surface area (Å²) in [4.78, 5) is 14.0. The summed E-state index contributed by atoms with van der Waals surface area (Å²) in [5, 5.41) is 4.69. The number of nitrogens with zero attached hydrogens (tertiary/aromatic N) is 3. The molecule has 1 aromatic heterocycles. The summed E-state index contributed by atoms with van der Waals surface area (Å²) in [6.07, 6.45) is -0.285. The lowest BCUT2D eigenvalue weighted by Gasteiger charge is -2.30. The molecule has 24 heavy (non-hydrogen) atoms. The predicted molar refractivity (Wildman–Crippen MR) is 99.7 cm³/mol. The summed E-state index contributed by atoms with van der Waals surface area (Å²) < 4.78 is 9.39. The van der Waals surface area contributed by atoms with Crippen LogP contribution in [0.25, 0.3) is 11.3 Å². The molecule has 0 bridgehead atoms. The molecule has 1 aromatic carbocycles. The molecule has 2 heterocycles. The van der Waals surface area contributed by atoms with E-state index in [4.69, 9.17) is 9.84 Å². The highest BCUT2D eigenvalue weighted by Crippen LogP contribution is 2.33. The van der Waals surface area contributed by atoms with E-state index >= 15 is 0 Å². The standard InChI is InChI=1S/C17H19Br2N3O2/c1-17(2,3)24-16(23)21-8-9-22-13(10-21)14(19)15(20-22)11-4-6-12(18)7-5-11/h4-7H,8-10H2,1-3H3. The van der Waals surface area contributed by atoms with Crippen molar-refractivity contribution in [2.75, 3.05) is 6.54 Å². The van der Waals surface area contributed by atoms with Crippen LogP contribution in [-0.4, -0.2) is 32.9 Å². The number of rotatable bonds is 1. The summed E-state index contributed by atoms with van der Waals surface area (Å²) in [6.45, 7) is 7.36. The number of aromatic nitrogens is 2. The Hall–Kier alpha value is -1.34. The van der Waals surface area contributed by atoms with E-state index in [-0.39, 0.29) is 6.09 Å². The second kappa shape index (κ2) is 6.52. The molecule has 5 nitrogen and oxygen atoms in total. The van der Waals surface area contributed by atoms with E-state index in [1.54, 1.807) is 4.90 Å². The molecule has 0 saturated heterocycles. The molecule has 0 radical (unpaired) electrons. The normalized spacial score (nSPS) is 14.5. The van der Waals surface area contributed by atoms with Crippen molar-refractivity contribution in [2.45, 2.75) is 39.5 Å². The lowest BCUT2D eigenvalue weighted by molar-refractivity contribution is 0.0194. The largest absolute Gasteiger partial charge is 0.444 e. The first kappa shape index (κ1) is 17.5. The van der Waals surface area contributed by atoms with Gasteiger partial charge in [-0.3, -0.25) is 4.68 Å². The summed E-state index contributed by atoms with van der Waals surface area (Å²) in [5.41, 5.74) is 2.43. The van der Waals surface area contributed by atoms with Crippen molar-refractivity contribution in [3.05, 3.63) is 38.9 Å². The lowest BCUT2D eigenvalue weighted by atomic mass is 10.1. The van der Waals surface area contributed by atoms with E-state index in [1.807, 2.05) is 49.7 Å². The molecule has 0 fully saturated rings. The monoisotopic (exact) mass is 455 g/mol. The van der Waals surface area contributed by atoms with Crippen LogP contribution in [0.5, 0.6) is 0 Å². The van der Waals surface area contributed by atoms with Crippen LogP contribution >= 0.6 is 31.9 Å². The maximum absolute atomic E-state index is 12.3. The highest BCUT2D eigenvalue weighted by molar-refractivity contribution is 9.10. The molecule has 0 spiro atoms.